The summed E-state index contributed by atoms with van der Waals surface area (Å²) in [6.45, 7) is 0.118. The molecule has 3 nitrogen and oxygen atoms in total. The molecule has 104 valence electrons. The first kappa shape index (κ1) is 13.0. The summed E-state index contributed by atoms with van der Waals surface area (Å²) in [5.41, 5.74) is 0.936. The molecule has 1 saturated carbocycles. The summed E-state index contributed by atoms with van der Waals surface area (Å²) in [7, 11) is 0. The van der Waals surface area contributed by atoms with Crippen LogP contribution >= 0.6 is 0 Å². The van der Waals surface area contributed by atoms with E-state index in [2.05, 4.69) is 11.1 Å². The number of halogens is 2. The maximum absolute atomic E-state index is 13.4. The summed E-state index contributed by atoms with van der Waals surface area (Å²) in [6.07, 6.45) is 5.56. The van der Waals surface area contributed by atoms with Gasteiger partial charge in [0, 0.05) is 18.1 Å². The van der Waals surface area contributed by atoms with Crippen molar-refractivity contribution in [1.82, 2.24) is 9.55 Å². The van der Waals surface area contributed by atoms with Crippen molar-refractivity contribution in [3.05, 3.63) is 29.6 Å². The first-order chi connectivity index (χ1) is 9.70. The van der Waals surface area contributed by atoms with Crippen molar-refractivity contribution < 1.29 is 8.78 Å². The van der Waals surface area contributed by atoms with Crippen LogP contribution < -0.4 is 0 Å². The number of imidazole rings is 1. The fraction of sp³-hybridized carbons (Fsp3) is 0.467. The van der Waals surface area contributed by atoms with Crippen molar-refractivity contribution in [2.75, 3.05) is 0 Å². The second-order valence-corrected chi connectivity index (χ2v) is 5.30. The van der Waals surface area contributed by atoms with Crippen molar-refractivity contribution in [2.45, 2.75) is 44.6 Å². The zero-order chi connectivity index (χ0) is 14.1. The first-order valence-corrected chi connectivity index (χ1v) is 6.93. The van der Waals surface area contributed by atoms with Crippen LogP contribution in [0.15, 0.2) is 12.1 Å². The van der Waals surface area contributed by atoms with Gasteiger partial charge < -0.3 is 4.57 Å². The Morgan fingerprint density at radius 3 is 2.60 bits per heavy atom. The van der Waals surface area contributed by atoms with E-state index >= 15 is 0 Å². The van der Waals surface area contributed by atoms with E-state index < -0.39 is 11.6 Å². The molecule has 1 aliphatic rings. The molecule has 1 aromatic carbocycles. The highest BCUT2D eigenvalue weighted by molar-refractivity contribution is 5.76. The summed E-state index contributed by atoms with van der Waals surface area (Å²) < 4.78 is 28.5. The molecule has 0 spiro atoms. The molecule has 1 fully saturated rings. The number of nitrogens with zero attached hydrogens (tertiary/aromatic N) is 3. The van der Waals surface area contributed by atoms with E-state index in [9.17, 15) is 8.78 Å². The minimum absolute atomic E-state index is 0.118. The van der Waals surface area contributed by atoms with Gasteiger partial charge in [-0.25, -0.2) is 13.8 Å². The van der Waals surface area contributed by atoms with Gasteiger partial charge in [0.1, 0.15) is 12.4 Å². The minimum atomic E-state index is -0.896. The predicted octanol–water partition coefficient (Wildman–Crippen LogP) is 3.89. The topological polar surface area (TPSA) is 41.6 Å². The van der Waals surface area contributed by atoms with Crippen molar-refractivity contribution in [3.8, 4) is 6.07 Å². The molecule has 1 aromatic heterocycles. The fourth-order valence-corrected chi connectivity index (χ4v) is 3.05. The SMILES string of the molecule is N#CCn1c(C2CCCCC2)nc2cc(F)c(F)cc21. The van der Waals surface area contributed by atoms with Crippen LogP contribution in [0, 0.1) is 23.0 Å². The molecule has 5 heteroatoms. The summed E-state index contributed by atoms with van der Waals surface area (Å²) in [5.74, 6) is -0.706. The zero-order valence-corrected chi connectivity index (χ0v) is 11.1. The van der Waals surface area contributed by atoms with Crippen LogP contribution in [-0.2, 0) is 6.54 Å². The van der Waals surface area contributed by atoms with Gasteiger partial charge in [-0.3, -0.25) is 0 Å². The summed E-state index contributed by atoms with van der Waals surface area (Å²) in [6, 6.07) is 4.34. The number of fused-ring (bicyclic) bond motifs is 1. The number of nitriles is 1. The van der Waals surface area contributed by atoms with Crippen molar-refractivity contribution >= 4 is 11.0 Å². The molecule has 0 amide bonds. The van der Waals surface area contributed by atoms with Crippen LogP contribution in [0.5, 0.6) is 0 Å². The average molecular weight is 275 g/mol. The Bertz CT molecular complexity index is 678. The summed E-state index contributed by atoms with van der Waals surface area (Å²) >= 11 is 0. The number of hydrogen-bond donors (Lipinski definition) is 0. The number of rotatable bonds is 2. The van der Waals surface area contributed by atoms with Crippen LogP contribution in [-0.4, -0.2) is 9.55 Å². The molecule has 0 saturated heterocycles. The Labute approximate surface area is 115 Å². The second-order valence-electron chi connectivity index (χ2n) is 5.30. The fourth-order valence-electron chi connectivity index (χ4n) is 3.05. The predicted molar refractivity (Wildman–Crippen MR) is 71.1 cm³/mol. The molecule has 0 bridgehead atoms. The Morgan fingerprint density at radius 1 is 1.20 bits per heavy atom. The van der Waals surface area contributed by atoms with Crippen LogP contribution in [0.3, 0.4) is 0 Å². The molecule has 2 aromatic rings. The van der Waals surface area contributed by atoms with Crippen LogP contribution in [0.2, 0.25) is 0 Å². The molecule has 1 aliphatic carbocycles. The molecule has 20 heavy (non-hydrogen) atoms. The molecule has 0 aliphatic heterocycles. The normalized spacial score (nSPS) is 16.4. The molecule has 0 unspecified atom stereocenters. The Kier molecular flexibility index (Phi) is 3.39. The number of benzene rings is 1. The van der Waals surface area contributed by atoms with Crippen LogP contribution in [0.25, 0.3) is 11.0 Å². The average Bonchev–Trinajstić information content (AvgIpc) is 2.79. The van der Waals surface area contributed by atoms with Crippen LogP contribution in [0.4, 0.5) is 8.78 Å². The molecule has 1 heterocycles. The Hall–Kier alpha value is -1.96. The molecular formula is C15H15F2N3. The van der Waals surface area contributed by atoms with Gasteiger partial charge in [-0.1, -0.05) is 19.3 Å². The van der Waals surface area contributed by atoms with Crippen LogP contribution in [0.1, 0.15) is 43.8 Å². The van der Waals surface area contributed by atoms with E-state index in [-0.39, 0.29) is 12.5 Å². The smallest absolute Gasteiger partial charge is 0.161 e. The second kappa shape index (κ2) is 5.20. The molecule has 3 rings (SSSR count). The monoisotopic (exact) mass is 275 g/mol. The summed E-state index contributed by atoms with van der Waals surface area (Å²) in [5, 5.41) is 8.98. The minimum Gasteiger partial charge on any atom is -0.314 e. The molecule has 0 radical (unpaired) electrons. The van der Waals surface area contributed by atoms with Crippen molar-refractivity contribution in [2.24, 2.45) is 0 Å². The van der Waals surface area contributed by atoms with Gasteiger partial charge in [0.2, 0.25) is 0 Å². The van der Waals surface area contributed by atoms with Gasteiger partial charge >= 0.3 is 0 Å². The summed E-state index contributed by atoms with van der Waals surface area (Å²) in [4.78, 5) is 4.46. The lowest BCUT2D eigenvalue weighted by molar-refractivity contribution is 0.421. The Morgan fingerprint density at radius 2 is 1.90 bits per heavy atom. The third-order valence-electron chi connectivity index (χ3n) is 4.02. The van der Waals surface area contributed by atoms with Gasteiger partial charge in [0.15, 0.2) is 11.6 Å². The lowest BCUT2D eigenvalue weighted by Gasteiger charge is -2.21. The zero-order valence-electron chi connectivity index (χ0n) is 11.1. The van der Waals surface area contributed by atoms with Gasteiger partial charge in [-0.05, 0) is 12.8 Å². The van der Waals surface area contributed by atoms with Gasteiger partial charge in [-0.2, -0.15) is 5.26 Å². The molecular weight excluding hydrogens is 260 g/mol. The third-order valence-corrected chi connectivity index (χ3v) is 4.02. The van der Waals surface area contributed by atoms with Crippen molar-refractivity contribution in [1.29, 1.82) is 5.26 Å². The van der Waals surface area contributed by atoms with E-state index in [1.54, 1.807) is 4.57 Å². The highest BCUT2D eigenvalue weighted by Gasteiger charge is 2.23. The van der Waals surface area contributed by atoms with E-state index in [4.69, 9.17) is 5.26 Å². The van der Waals surface area contributed by atoms with Gasteiger partial charge in [0.05, 0.1) is 17.1 Å². The quantitative estimate of drug-likeness (QED) is 0.834. The number of hydrogen-bond acceptors (Lipinski definition) is 2. The molecule has 0 N–H and O–H groups in total. The van der Waals surface area contributed by atoms with Gasteiger partial charge in [-0.15, -0.1) is 0 Å². The lowest BCUT2D eigenvalue weighted by Crippen LogP contribution is -2.12. The lowest BCUT2D eigenvalue weighted by atomic mass is 9.88. The third kappa shape index (κ3) is 2.15. The van der Waals surface area contributed by atoms with E-state index in [1.165, 1.54) is 6.42 Å². The van der Waals surface area contributed by atoms with Gasteiger partial charge in [0.25, 0.3) is 0 Å². The standard InChI is InChI=1S/C15H15F2N3/c16-11-8-13-14(9-12(11)17)20(7-6-18)15(19-13)10-4-2-1-3-5-10/h8-10H,1-5,7H2. The largest absolute Gasteiger partial charge is 0.314 e. The Balaban J connectivity index is 2.15. The van der Waals surface area contributed by atoms with E-state index in [1.807, 2.05) is 0 Å². The van der Waals surface area contributed by atoms with E-state index in [0.717, 1.165) is 43.6 Å². The van der Waals surface area contributed by atoms with E-state index in [0.29, 0.717) is 11.0 Å². The number of aromatic nitrogens is 2. The maximum atomic E-state index is 13.4. The van der Waals surface area contributed by atoms with Crippen molar-refractivity contribution in [3.63, 3.8) is 0 Å². The maximum Gasteiger partial charge on any atom is 0.161 e. The first-order valence-electron chi connectivity index (χ1n) is 6.93. The molecule has 0 atom stereocenters. The highest BCUT2D eigenvalue weighted by atomic mass is 19.2. The highest BCUT2D eigenvalue weighted by Crippen LogP contribution is 2.34.